The molecule has 0 spiro atoms. The molecule has 1 aliphatic heterocycles. The Morgan fingerprint density at radius 2 is 2.22 bits per heavy atom. The summed E-state index contributed by atoms with van der Waals surface area (Å²) < 4.78 is 3.33. The van der Waals surface area contributed by atoms with E-state index in [0.717, 1.165) is 9.97 Å². The highest BCUT2D eigenvalue weighted by molar-refractivity contribution is 14.1. The number of piperidine rings is 1. The number of rotatable bonds is 0. The second-order valence-electron chi connectivity index (χ2n) is 2.59. The van der Waals surface area contributed by atoms with E-state index in [1.165, 1.54) is 19.4 Å². The van der Waals surface area contributed by atoms with Gasteiger partial charge in [-0.25, -0.2) is 3.11 Å². The largest absolute Gasteiger partial charge is 0.245 e. The van der Waals surface area contributed by atoms with Crippen LogP contribution in [-0.4, -0.2) is 19.6 Å². The lowest BCUT2D eigenvalue weighted by Crippen LogP contribution is -2.33. The highest BCUT2D eigenvalue weighted by atomic mass is 127. The Morgan fingerprint density at radius 3 is 2.67 bits per heavy atom. The Bertz CT molecular complexity index is 97.1. The van der Waals surface area contributed by atoms with Gasteiger partial charge in [0.25, 0.3) is 0 Å². The summed E-state index contributed by atoms with van der Waals surface area (Å²) in [4.78, 5) is 0. The fourth-order valence-electron chi connectivity index (χ4n) is 1.09. The Balaban J connectivity index is 2.35. The monoisotopic (exact) mass is 351 g/mol. The first-order valence-electron chi connectivity index (χ1n) is 3.26. The van der Waals surface area contributed by atoms with Gasteiger partial charge in [-0.2, -0.15) is 0 Å². The predicted octanol–water partition coefficient (Wildman–Crippen LogP) is 2.62. The molecule has 1 aliphatic rings. The molecule has 1 rings (SSSR count). The van der Waals surface area contributed by atoms with Gasteiger partial charge in [-0.1, -0.05) is 22.6 Å². The number of hydrogen-bond acceptors (Lipinski definition) is 1. The minimum Gasteiger partial charge on any atom is -0.245 e. The van der Waals surface area contributed by atoms with Crippen molar-refractivity contribution >= 4 is 45.5 Å². The standard InChI is InChI=1S/C6H11I2N/c1-5-4-6(7)2-3-9(5)8/h5-6H,2-4H2,1H3/t5-,6?/m0/s1. The molecule has 1 saturated heterocycles. The molecule has 0 aliphatic carbocycles. The van der Waals surface area contributed by atoms with Gasteiger partial charge in [-0.3, -0.25) is 0 Å². The minimum absolute atomic E-state index is 0.793. The Labute approximate surface area is 84.2 Å². The minimum atomic E-state index is 0.793. The molecule has 0 radical (unpaired) electrons. The van der Waals surface area contributed by atoms with Crippen molar-refractivity contribution in [3.63, 3.8) is 0 Å². The van der Waals surface area contributed by atoms with Gasteiger partial charge in [-0.05, 0) is 19.8 Å². The molecule has 1 fully saturated rings. The maximum atomic E-state index is 2.55. The van der Waals surface area contributed by atoms with Crippen molar-refractivity contribution < 1.29 is 0 Å². The van der Waals surface area contributed by atoms with E-state index in [0.29, 0.717) is 0 Å². The van der Waals surface area contributed by atoms with Crippen LogP contribution in [0.4, 0.5) is 0 Å². The maximum Gasteiger partial charge on any atom is 0.0204 e. The zero-order valence-electron chi connectivity index (χ0n) is 5.48. The fourth-order valence-corrected chi connectivity index (χ4v) is 2.61. The molecule has 54 valence electrons. The van der Waals surface area contributed by atoms with Gasteiger partial charge in [-0.15, -0.1) is 0 Å². The first kappa shape index (κ1) is 8.52. The van der Waals surface area contributed by atoms with Crippen LogP contribution in [0.15, 0.2) is 0 Å². The predicted molar refractivity (Wildman–Crippen MR) is 57.2 cm³/mol. The highest BCUT2D eigenvalue weighted by Gasteiger charge is 2.21. The van der Waals surface area contributed by atoms with E-state index in [2.05, 4.69) is 55.5 Å². The summed E-state index contributed by atoms with van der Waals surface area (Å²) in [7, 11) is 0. The van der Waals surface area contributed by atoms with Crippen LogP contribution in [0, 0.1) is 0 Å². The molecule has 1 nitrogen and oxygen atoms in total. The summed E-state index contributed by atoms with van der Waals surface area (Å²) in [6, 6.07) is 0.793. The third-order valence-electron chi connectivity index (χ3n) is 1.73. The summed E-state index contributed by atoms with van der Waals surface area (Å²) in [6.07, 6.45) is 2.73. The van der Waals surface area contributed by atoms with Crippen LogP contribution in [-0.2, 0) is 0 Å². The first-order chi connectivity index (χ1) is 4.20. The van der Waals surface area contributed by atoms with Gasteiger partial charge >= 0.3 is 0 Å². The quantitative estimate of drug-likeness (QED) is 0.369. The van der Waals surface area contributed by atoms with Crippen LogP contribution < -0.4 is 0 Å². The van der Waals surface area contributed by atoms with Crippen molar-refractivity contribution in [1.82, 2.24) is 3.11 Å². The molecule has 2 atom stereocenters. The van der Waals surface area contributed by atoms with Crippen molar-refractivity contribution in [3.05, 3.63) is 0 Å². The molecule has 3 heteroatoms. The van der Waals surface area contributed by atoms with Crippen LogP contribution in [0.3, 0.4) is 0 Å². The van der Waals surface area contributed by atoms with E-state index in [1.54, 1.807) is 0 Å². The van der Waals surface area contributed by atoms with Crippen LogP contribution in [0.1, 0.15) is 19.8 Å². The number of halogens is 2. The molecule has 0 saturated carbocycles. The smallest absolute Gasteiger partial charge is 0.0204 e. The SMILES string of the molecule is C[C@H]1CC(I)CCN1I. The molecule has 0 aromatic carbocycles. The normalized spacial score (nSPS) is 39.0. The number of alkyl halides is 1. The molecule has 0 aromatic rings. The van der Waals surface area contributed by atoms with Crippen molar-refractivity contribution in [2.45, 2.75) is 29.7 Å². The topological polar surface area (TPSA) is 3.24 Å². The zero-order valence-corrected chi connectivity index (χ0v) is 9.79. The van der Waals surface area contributed by atoms with Gasteiger partial charge in [0.1, 0.15) is 0 Å². The lowest BCUT2D eigenvalue weighted by atomic mass is 10.1. The van der Waals surface area contributed by atoms with E-state index in [-0.39, 0.29) is 0 Å². The molecular formula is C6H11I2N. The third kappa shape index (κ3) is 2.49. The van der Waals surface area contributed by atoms with Gasteiger partial charge < -0.3 is 0 Å². The zero-order chi connectivity index (χ0) is 6.85. The molecule has 9 heavy (non-hydrogen) atoms. The average Bonchev–Trinajstić information content (AvgIpc) is 1.80. The highest BCUT2D eigenvalue weighted by Crippen LogP contribution is 2.25. The van der Waals surface area contributed by atoms with E-state index in [4.69, 9.17) is 0 Å². The van der Waals surface area contributed by atoms with Crippen molar-refractivity contribution in [2.75, 3.05) is 6.54 Å². The molecule has 0 aromatic heterocycles. The Hall–Kier alpha value is 1.42. The van der Waals surface area contributed by atoms with Gasteiger partial charge in [0.05, 0.1) is 0 Å². The average molecular weight is 351 g/mol. The van der Waals surface area contributed by atoms with E-state index in [9.17, 15) is 0 Å². The van der Waals surface area contributed by atoms with Gasteiger partial charge in [0.15, 0.2) is 0 Å². The third-order valence-corrected chi connectivity index (χ3v) is 4.30. The number of nitrogens with zero attached hydrogens (tertiary/aromatic N) is 1. The van der Waals surface area contributed by atoms with Crippen LogP contribution in [0.5, 0.6) is 0 Å². The summed E-state index contributed by atoms with van der Waals surface area (Å²) in [6.45, 7) is 3.58. The van der Waals surface area contributed by atoms with Crippen molar-refractivity contribution in [3.8, 4) is 0 Å². The van der Waals surface area contributed by atoms with Crippen molar-refractivity contribution in [1.29, 1.82) is 0 Å². The summed E-state index contributed by atoms with van der Waals surface area (Å²) >= 11 is 4.97. The van der Waals surface area contributed by atoms with Gasteiger partial charge in [0.2, 0.25) is 0 Å². The van der Waals surface area contributed by atoms with E-state index >= 15 is 0 Å². The lowest BCUT2D eigenvalue weighted by molar-refractivity contribution is 0.329. The fraction of sp³-hybridized carbons (Fsp3) is 1.00. The van der Waals surface area contributed by atoms with E-state index in [1.807, 2.05) is 0 Å². The number of hydrogen-bond donors (Lipinski definition) is 0. The summed E-state index contributed by atoms with van der Waals surface area (Å²) in [5, 5.41) is 0. The Morgan fingerprint density at radius 1 is 1.56 bits per heavy atom. The second kappa shape index (κ2) is 3.71. The molecular weight excluding hydrogens is 340 g/mol. The van der Waals surface area contributed by atoms with Crippen molar-refractivity contribution in [2.24, 2.45) is 0 Å². The molecule has 1 heterocycles. The summed E-state index contributed by atoms with van der Waals surface area (Å²) in [5.74, 6) is 0. The van der Waals surface area contributed by atoms with Gasteiger partial charge in [0, 0.05) is 39.4 Å². The summed E-state index contributed by atoms with van der Waals surface area (Å²) in [5.41, 5.74) is 0. The van der Waals surface area contributed by atoms with Crippen LogP contribution in [0.2, 0.25) is 0 Å². The lowest BCUT2D eigenvalue weighted by Gasteiger charge is -2.30. The first-order valence-corrected chi connectivity index (χ1v) is 5.47. The molecule has 0 amide bonds. The second-order valence-corrected chi connectivity index (χ2v) is 5.59. The molecule has 0 bridgehead atoms. The maximum absolute atomic E-state index is 2.55. The Kier molecular flexibility index (Phi) is 3.51. The van der Waals surface area contributed by atoms with Crippen LogP contribution >= 0.6 is 45.5 Å². The molecule has 0 N–H and O–H groups in total. The van der Waals surface area contributed by atoms with Crippen LogP contribution in [0.25, 0.3) is 0 Å². The van der Waals surface area contributed by atoms with E-state index < -0.39 is 0 Å². The molecule has 1 unspecified atom stereocenters.